The molecule has 1 aliphatic heterocycles. The fourth-order valence-electron chi connectivity index (χ4n) is 4.75. The number of aryl methyl sites for hydroxylation is 2. The summed E-state index contributed by atoms with van der Waals surface area (Å²) in [6.45, 7) is 2.07. The Kier molecular flexibility index (Phi) is 7.31. The van der Waals surface area contributed by atoms with Gasteiger partial charge in [-0.15, -0.1) is 0 Å². The molecule has 0 radical (unpaired) electrons. The standard InChI is InChI=1S/C27H31N3O3/c1-29-15-11-20(18-29)5-4-14-30-16-12-22(25(19-30)27(31)32)7-3-6-21-10-13-28-26-9-8-23(33-2)17-24(21)26/h8-11,13,15,17-18,22,25H,3,6-7,12,14,16,19H2,1-2H3,(H,31,32)/t22-,25+/m1/s1. The normalized spacial score (nSPS) is 18.6. The zero-order chi connectivity index (χ0) is 23.2. The SMILES string of the molecule is COc1ccc2nccc(CCC[C@@H]3CCN(CC#Cc4ccn(C)c4)C[C@@H]3C(=O)O)c2c1. The van der Waals surface area contributed by atoms with Crippen LogP contribution in [0.4, 0.5) is 0 Å². The summed E-state index contributed by atoms with van der Waals surface area (Å²) in [5, 5.41) is 11.0. The Balaban J connectivity index is 1.34. The number of carbonyl (C=O) groups is 1. The summed E-state index contributed by atoms with van der Waals surface area (Å²) < 4.78 is 7.35. The van der Waals surface area contributed by atoms with Crippen LogP contribution in [0.3, 0.4) is 0 Å². The van der Waals surface area contributed by atoms with E-state index in [-0.39, 0.29) is 11.8 Å². The molecule has 1 fully saturated rings. The summed E-state index contributed by atoms with van der Waals surface area (Å²) in [5.41, 5.74) is 3.18. The number of methoxy groups -OCH3 is 1. The van der Waals surface area contributed by atoms with Crippen molar-refractivity contribution in [3.8, 4) is 17.6 Å². The highest BCUT2D eigenvalue weighted by molar-refractivity contribution is 5.83. The molecule has 3 heterocycles. The smallest absolute Gasteiger partial charge is 0.308 e. The van der Waals surface area contributed by atoms with Gasteiger partial charge in [0.2, 0.25) is 0 Å². The number of benzene rings is 1. The minimum absolute atomic E-state index is 0.198. The molecule has 2 aromatic heterocycles. The topological polar surface area (TPSA) is 67.6 Å². The predicted octanol–water partition coefficient (Wildman–Crippen LogP) is 3.98. The first-order chi connectivity index (χ1) is 16.0. The summed E-state index contributed by atoms with van der Waals surface area (Å²) in [4.78, 5) is 18.6. The van der Waals surface area contributed by atoms with Gasteiger partial charge >= 0.3 is 5.97 Å². The third-order valence-electron chi connectivity index (χ3n) is 6.58. The largest absolute Gasteiger partial charge is 0.497 e. The number of aromatic nitrogens is 2. The maximum absolute atomic E-state index is 12.0. The van der Waals surface area contributed by atoms with Gasteiger partial charge in [-0.1, -0.05) is 11.8 Å². The van der Waals surface area contributed by atoms with E-state index < -0.39 is 5.97 Å². The van der Waals surface area contributed by atoms with Crippen molar-refractivity contribution in [3.05, 3.63) is 60.0 Å². The summed E-state index contributed by atoms with van der Waals surface area (Å²) in [6, 6.07) is 9.99. The van der Waals surface area contributed by atoms with Gasteiger partial charge in [0.1, 0.15) is 5.75 Å². The molecule has 33 heavy (non-hydrogen) atoms. The molecule has 0 unspecified atom stereocenters. The van der Waals surface area contributed by atoms with E-state index in [0.717, 1.165) is 54.4 Å². The lowest BCUT2D eigenvalue weighted by atomic mass is 9.81. The minimum Gasteiger partial charge on any atom is -0.497 e. The van der Waals surface area contributed by atoms with Crippen LogP contribution in [-0.2, 0) is 18.3 Å². The Morgan fingerprint density at radius 1 is 1.30 bits per heavy atom. The Labute approximate surface area is 195 Å². The molecule has 1 aliphatic rings. The van der Waals surface area contributed by atoms with Crippen LogP contribution in [-0.4, -0.2) is 52.3 Å². The van der Waals surface area contributed by atoms with E-state index in [0.29, 0.717) is 13.1 Å². The molecule has 1 N–H and O–H groups in total. The number of rotatable bonds is 7. The van der Waals surface area contributed by atoms with Gasteiger partial charge in [-0.3, -0.25) is 14.7 Å². The lowest BCUT2D eigenvalue weighted by molar-refractivity contribution is -0.146. The minimum atomic E-state index is -0.695. The quantitative estimate of drug-likeness (QED) is 0.557. The van der Waals surface area contributed by atoms with Crippen LogP contribution >= 0.6 is 0 Å². The number of carboxylic acid groups (broad SMARTS) is 1. The van der Waals surface area contributed by atoms with Crippen molar-refractivity contribution in [1.82, 2.24) is 14.5 Å². The highest BCUT2D eigenvalue weighted by atomic mass is 16.5. The summed E-state index contributed by atoms with van der Waals surface area (Å²) in [5.74, 6) is 6.36. The number of pyridine rings is 1. The number of piperidine rings is 1. The molecule has 0 saturated carbocycles. The molecule has 6 nitrogen and oxygen atoms in total. The maximum atomic E-state index is 12.0. The van der Waals surface area contributed by atoms with E-state index in [1.54, 1.807) is 7.11 Å². The molecular formula is C27H31N3O3. The van der Waals surface area contributed by atoms with Crippen molar-refractivity contribution in [2.24, 2.45) is 18.9 Å². The Morgan fingerprint density at radius 2 is 2.18 bits per heavy atom. The van der Waals surface area contributed by atoms with Gasteiger partial charge in [-0.25, -0.2) is 0 Å². The number of fused-ring (bicyclic) bond motifs is 1. The Hall–Kier alpha value is -3.30. The van der Waals surface area contributed by atoms with E-state index in [9.17, 15) is 9.90 Å². The molecule has 3 aromatic rings. The molecule has 1 saturated heterocycles. The third kappa shape index (κ3) is 5.74. The first-order valence-corrected chi connectivity index (χ1v) is 11.5. The van der Waals surface area contributed by atoms with Crippen LogP contribution in [0.2, 0.25) is 0 Å². The fourth-order valence-corrected chi connectivity index (χ4v) is 4.75. The van der Waals surface area contributed by atoms with Crippen molar-refractivity contribution in [2.45, 2.75) is 25.7 Å². The monoisotopic (exact) mass is 445 g/mol. The van der Waals surface area contributed by atoms with Crippen molar-refractivity contribution in [2.75, 3.05) is 26.7 Å². The number of nitrogens with zero attached hydrogens (tertiary/aromatic N) is 3. The second-order valence-electron chi connectivity index (χ2n) is 8.84. The van der Waals surface area contributed by atoms with Gasteiger partial charge in [0.15, 0.2) is 0 Å². The third-order valence-corrected chi connectivity index (χ3v) is 6.58. The van der Waals surface area contributed by atoms with Gasteiger partial charge in [0, 0.05) is 43.1 Å². The summed E-state index contributed by atoms with van der Waals surface area (Å²) in [6.07, 6.45) is 9.48. The van der Waals surface area contributed by atoms with Gasteiger partial charge in [0.25, 0.3) is 0 Å². The van der Waals surface area contributed by atoms with Crippen LogP contribution in [0.15, 0.2) is 48.9 Å². The van der Waals surface area contributed by atoms with Gasteiger partial charge < -0.3 is 14.4 Å². The molecule has 2 atom stereocenters. The number of likely N-dealkylation sites (tertiary alicyclic amines) is 1. The van der Waals surface area contributed by atoms with Crippen molar-refractivity contribution in [3.63, 3.8) is 0 Å². The lowest BCUT2D eigenvalue weighted by Gasteiger charge is -2.35. The Morgan fingerprint density at radius 3 is 2.94 bits per heavy atom. The van der Waals surface area contributed by atoms with Gasteiger partial charge in [-0.2, -0.15) is 0 Å². The van der Waals surface area contributed by atoms with E-state index >= 15 is 0 Å². The van der Waals surface area contributed by atoms with Crippen LogP contribution < -0.4 is 4.74 Å². The number of ether oxygens (including phenoxy) is 1. The molecule has 0 bridgehead atoms. The highest BCUT2D eigenvalue weighted by Crippen LogP contribution is 2.30. The predicted molar refractivity (Wildman–Crippen MR) is 129 cm³/mol. The fraction of sp³-hybridized carbons (Fsp3) is 0.407. The molecule has 172 valence electrons. The molecule has 6 heteroatoms. The van der Waals surface area contributed by atoms with Crippen molar-refractivity contribution in [1.29, 1.82) is 0 Å². The second-order valence-corrected chi connectivity index (χ2v) is 8.84. The van der Waals surface area contributed by atoms with Crippen LogP contribution in [0, 0.1) is 23.7 Å². The maximum Gasteiger partial charge on any atom is 0.308 e. The summed E-state index contributed by atoms with van der Waals surface area (Å²) >= 11 is 0. The lowest BCUT2D eigenvalue weighted by Crippen LogP contribution is -2.44. The molecule has 0 aliphatic carbocycles. The van der Waals surface area contributed by atoms with Crippen molar-refractivity contribution < 1.29 is 14.6 Å². The highest BCUT2D eigenvalue weighted by Gasteiger charge is 2.33. The number of hydrogen-bond donors (Lipinski definition) is 1. The molecule has 4 rings (SSSR count). The van der Waals surface area contributed by atoms with E-state index in [1.165, 1.54) is 5.56 Å². The average molecular weight is 446 g/mol. The summed E-state index contributed by atoms with van der Waals surface area (Å²) in [7, 11) is 3.64. The van der Waals surface area contributed by atoms with Gasteiger partial charge in [0.05, 0.1) is 25.1 Å². The zero-order valence-electron chi connectivity index (χ0n) is 19.3. The van der Waals surface area contributed by atoms with E-state index in [1.807, 2.05) is 54.5 Å². The molecule has 1 aromatic carbocycles. The number of hydrogen-bond acceptors (Lipinski definition) is 4. The van der Waals surface area contributed by atoms with Crippen LogP contribution in [0.5, 0.6) is 5.75 Å². The zero-order valence-corrected chi connectivity index (χ0v) is 19.3. The van der Waals surface area contributed by atoms with Crippen LogP contribution in [0.1, 0.15) is 30.4 Å². The van der Waals surface area contributed by atoms with E-state index in [4.69, 9.17) is 4.74 Å². The molecular weight excluding hydrogens is 414 g/mol. The average Bonchev–Trinajstić information content (AvgIpc) is 3.24. The molecule has 0 amide bonds. The number of aliphatic carboxylic acids is 1. The van der Waals surface area contributed by atoms with Crippen molar-refractivity contribution >= 4 is 16.9 Å². The number of carboxylic acids is 1. The Bertz CT molecular complexity index is 1170. The molecule has 0 spiro atoms. The second kappa shape index (κ2) is 10.5. The first kappa shape index (κ1) is 22.9. The van der Waals surface area contributed by atoms with Crippen LogP contribution in [0.25, 0.3) is 10.9 Å². The van der Waals surface area contributed by atoms with Gasteiger partial charge in [-0.05, 0) is 74.0 Å². The van der Waals surface area contributed by atoms with E-state index in [2.05, 4.69) is 27.8 Å². The first-order valence-electron chi connectivity index (χ1n) is 11.5.